The third-order valence-electron chi connectivity index (χ3n) is 3.21. The van der Waals surface area contributed by atoms with Gasteiger partial charge < -0.3 is 13.9 Å². The summed E-state index contributed by atoms with van der Waals surface area (Å²) in [5.41, 5.74) is 1.12. The molecule has 0 unspecified atom stereocenters. The molecule has 8 nitrogen and oxygen atoms in total. The fourth-order valence-electron chi connectivity index (χ4n) is 2.05. The molecule has 0 aliphatic rings. The number of carbonyl (C=O) groups is 2. The number of nitrogens with zero attached hydrogens (tertiary/aromatic N) is 2. The van der Waals surface area contributed by atoms with E-state index in [-0.39, 0.29) is 18.4 Å². The van der Waals surface area contributed by atoms with Crippen LogP contribution in [0.4, 0.5) is 10.5 Å². The molecule has 2 aromatic carbocycles. The van der Waals surface area contributed by atoms with Gasteiger partial charge in [0.15, 0.2) is 0 Å². The summed E-state index contributed by atoms with van der Waals surface area (Å²) in [4.78, 5) is 23.4. The van der Waals surface area contributed by atoms with Crippen LogP contribution in [0.2, 0.25) is 0 Å². The molecule has 0 radical (unpaired) electrons. The number of carbonyl (C=O) groups excluding carboxylic acids is 2. The van der Waals surface area contributed by atoms with Crippen LogP contribution in [0.5, 0.6) is 5.75 Å². The minimum Gasteiger partial charge on any atom is -0.459 e. The van der Waals surface area contributed by atoms with Crippen molar-refractivity contribution >= 4 is 17.7 Å². The quantitative estimate of drug-likeness (QED) is 0.700. The molecule has 3 aromatic rings. The van der Waals surface area contributed by atoms with Crippen LogP contribution in [-0.2, 0) is 4.74 Å². The molecule has 0 spiro atoms. The monoisotopic (exact) mass is 353 g/mol. The SMILES string of the molecule is CCOC(=O)c1nnc(-c2ccc(NC(=O)Oc3ccccc3)cc2)o1. The average Bonchev–Trinajstić information content (AvgIpc) is 3.13. The molecule has 0 fully saturated rings. The van der Waals surface area contributed by atoms with Crippen molar-refractivity contribution in [2.45, 2.75) is 6.92 Å². The van der Waals surface area contributed by atoms with Gasteiger partial charge in [0.05, 0.1) is 6.61 Å². The summed E-state index contributed by atoms with van der Waals surface area (Å²) in [6.07, 6.45) is -0.605. The maximum atomic E-state index is 11.9. The van der Waals surface area contributed by atoms with Gasteiger partial charge in [-0.25, -0.2) is 9.59 Å². The Bertz CT molecular complexity index is 891. The largest absolute Gasteiger partial charge is 0.459 e. The lowest BCUT2D eigenvalue weighted by Crippen LogP contribution is -2.16. The lowest BCUT2D eigenvalue weighted by Gasteiger charge is -2.06. The third kappa shape index (κ3) is 4.23. The number of hydrogen-bond donors (Lipinski definition) is 1. The average molecular weight is 353 g/mol. The minimum atomic E-state index is -0.673. The zero-order valence-corrected chi connectivity index (χ0v) is 13.8. The summed E-state index contributed by atoms with van der Waals surface area (Å²) >= 11 is 0. The lowest BCUT2D eigenvalue weighted by atomic mass is 10.2. The second-order valence-corrected chi connectivity index (χ2v) is 5.04. The maximum absolute atomic E-state index is 11.9. The predicted octanol–water partition coefficient (Wildman–Crippen LogP) is 3.52. The van der Waals surface area contributed by atoms with E-state index in [4.69, 9.17) is 13.9 Å². The summed E-state index contributed by atoms with van der Waals surface area (Å²) in [6.45, 7) is 1.90. The van der Waals surface area contributed by atoms with Crippen molar-refractivity contribution in [2.24, 2.45) is 0 Å². The Morgan fingerprint density at radius 2 is 1.77 bits per heavy atom. The highest BCUT2D eigenvalue weighted by molar-refractivity contribution is 5.86. The van der Waals surface area contributed by atoms with Gasteiger partial charge in [-0.2, -0.15) is 0 Å². The number of esters is 1. The highest BCUT2D eigenvalue weighted by Crippen LogP contribution is 2.21. The molecule has 0 aliphatic carbocycles. The van der Waals surface area contributed by atoms with Crippen molar-refractivity contribution < 1.29 is 23.5 Å². The Morgan fingerprint density at radius 3 is 2.46 bits per heavy atom. The number of ether oxygens (including phenoxy) is 2. The smallest absolute Gasteiger partial charge is 0.417 e. The molecule has 1 heterocycles. The second kappa shape index (κ2) is 7.93. The summed E-state index contributed by atoms with van der Waals surface area (Å²) in [5, 5.41) is 10.1. The Labute approximate surface area is 148 Å². The molecule has 0 saturated carbocycles. The summed E-state index contributed by atoms with van der Waals surface area (Å²) in [5.74, 6) is -0.269. The number of rotatable bonds is 5. The first-order valence-corrected chi connectivity index (χ1v) is 7.80. The fourth-order valence-corrected chi connectivity index (χ4v) is 2.05. The van der Waals surface area contributed by atoms with Gasteiger partial charge in [-0.1, -0.05) is 18.2 Å². The van der Waals surface area contributed by atoms with E-state index in [1.54, 1.807) is 55.5 Å². The second-order valence-electron chi connectivity index (χ2n) is 5.04. The normalized spacial score (nSPS) is 10.2. The van der Waals surface area contributed by atoms with Crippen molar-refractivity contribution in [3.63, 3.8) is 0 Å². The molecule has 0 aliphatic heterocycles. The topological polar surface area (TPSA) is 104 Å². The molecule has 132 valence electrons. The number of aromatic nitrogens is 2. The van der Waals surface area contributed by atoms with Crippen molar-refractivity contribution in [1.82, 2.24) is 10.2 Å². The number of benzene rings is 2. The molecule has 3 rings (SSSR count). The molecule has 8 heteroatoms. The molecule has 0 atom stereocenters. The highest BCUT2D eigenvalue weighted by Gasteiger charge is 2.16. The highest BCUT2D eigenvalue weighted by atomic mass is 16.6. The van der Waals surface area contributed by atoms with Gasteiger partial charge in [-0.3, -0.25) is 5.32 Å². The van der Waals surface area contributed by atoms with Gasteiger partial charge in [-0.15, -0.1) is 10.2 Å². The van der Waals surface area contributed by atoms with E-state index in [9.17, 15) is 9.59 Å². The standard InChI is InChI=1S/C18H15N3O5/c1-2-24-17(22)16-21-20-15(26-16)12-8-10-13(11-9-12)19-18(23)25-14-6-4-3-5-7-14/h3-11H,2H2,1H3,(H,19,23). The van der Waals surface area contributed by atoms with Crippen molar-refractivity contribution in [3.05, 3.63) is 60.5 Å². The van der Waals surface area contributed by atoms with E-state index in [2.05, 4.69) is 15.5 Å². The maximum Gasteiger partial charge on any atom is 0.417 e. The molecular formula is C18H15N3O5. The first kappa shape index (κ1) is 17.2. The Morgan fingerprint density at radius 1 is 1.04 bits per heavy atom. The van der Waals surface area contributed by atoms with Crippen molar-refractivity contribution in [3.8, 4) is 17.2 Å². The van der Waals surface area contributed by atoms with Gasteiger partial charge in [0.2, 0.25) is 5.89 Å². The molecule has 1 aromatic heterocycles. The number of nitrogens with one attached hydrogen (secondary N) is 1. The molecule has 0 saturated heterocycles. The summed E-state index contributed by atoms with van der Waals surface area (Å²) < 4.78 is 15.2. The van der Waals surface area contributed by atoms with E-state index >= 15 is 0 Å². The molecule has 26 heavy (non-hydrogen) atoms. The first-order valence-electron chi connectivity index (χ1n) is 7.80. The van der Waals surface area contributed by atoms with E-state index in [1.807, 2.05) is 6.07 Å². The van der Waals surface area contributed by atoms with Crippen LogP contribution in [0.15, 0.2) is 59.0 Å². The van der Waals surface area contributed by atoms with E-state index in [0.717, 1.165) is 0 Å². The molecular weight excluding hydrogens is 338 g/mol. The zero-order chi connectivity index (χ0) is 18.4. The van der Waals surface area contributed by atoms with Gasteiger partial charge in [-0.05, 0) is 43.3 Å². The van der Waals surface area contributed by atoms with Gasteiger partial charge in [0, 0.05) is 11.3 Å². The van der Waals surface area contributed by atoms with Crippen LogP contribution < -0.4 is 10.1 Å². The van der Waals surface area contributed by atoms with Crippen LogP contribution in [-0.4, -0.2) is 28.9 Å². The van der Waals surface area contributed by atoms with Crippen LogP contribution in [0.25, 0.3) is 11.5 Å². The van der Waals surface area contributed by atoms with Gasteiger partial charge in [0.25, 0.3) is 0 Å². The predicted molar refractivity (Wildman–Crippen MR) is 91.8 cm³/mol. The number of amides is 1. The van der Waals surface area contributed by atoms with E-state index in [1.165, 1.54) is 0 Å². The number of para-hydroxylation sites is 1. The zero-order valence-electron chi connectivity index (χ0n) is 13.8. The summed E-state index contributed by atoms with van der Waals surface area (Å²) in [6, 6.07) is 15.4. The first-order chi connectivity index (χ1) is 12.7. The van der Waals surface area contributed by atoms with Crippen molar-refractivity contribution in [1.29, 1.82) is 0 Å². The lowest BCUT2D eigenvalue weighted by molar-refractivity contribution is 0.0481. The Balaban J connectivity index is 1.63. The van der Waals surface area contributed by atoms with Crippen LogP contribution in [0.3, 0.4) is 0 Å². The van der Waals surface area contributed by atoms with Gasteiger partial charge in [0.1, 0.15) is 5.75 Å². The van der Waals surface area contributed by atoms with Crippen molar-refractivity contribution in [2.75, 3.05) is 11.9 Å². The fraction of sp³-hybridized carbons (Fsp3) is 0.111. The molecule has 1 amide bonds. The minimum absolute atomic E-state index is 0.173. The summed E-state index contributed by atoms with van der Waals surface area (Å²) in [7, 11) is 0. The third-order valence-corrected chi connectivity index (χ3v) is 3.21. The van der Waals surface area contributed by atoms with Crippen LogP contribution in [0.1, 0.15) is 17.6 Å². The van der Waals surface area contributed by atoms with Crippen LogP contribution in [0, 0.1) is 0 Å². The van der Waals surface area contributed by atoms with Crippen LogP contribution >= 0.6 is 0 Å². The van der Waals surface area contributed by atoms with Gasteiger partial charge >= 0.3 is 18.0 Å². The Kier molecular flexibility index (Phi) is 5.23. The van der Waals surface area contributed by atoms with E-state index in [0.29, 0.717) is 17.0 Å². The molecule has 1 N–H and O–H groups in total. The number of hydrogen-bond acceptors (Lipinski definition) is 7. The van der Waals surface area contributed by atoms with E-state index < -0.39 is 12.1 Å². The number of anilines is 1. The molecule has 0 bridgehead atoms. The Hall–Kier alpha value is -3.68.